The van der Waals surface area contributed by atoms with Crippen LogP contribution in [0, 0.1) is 0 Å². The molecule has 0 aromatic carbocycles. The van der Waals surface area contributed by atoms with E-state index in [1.807, 2.05) is 19.9 Å². The van der Waals surface area contributed by atoms with E-state index in [1.165, 1.54) is 5.57 Å². The van der Waals surface area contributed by atoms with Gasteiger partial charge < -0.3 is 5.32 Å². The number of alkyl halides is 1. The monoisotopic (exact) mass is 161 g/mol. The average molecular weight is 162 g/mol. The SMILES string of the molecule is CC(C)=CCNC(=O)CCl. The molecule has 2 nitrogen and oxygen atoms in total. The van der Waals surface area contributed by atoms with Gasteiger partial charge in [0.1, 0.15) is 5.88 Å². The fourth-order valence-electron chi connectivity index (χ4n) is 0.416. The number of carbonyl (C=O) groups excluding carboxylic acids is 1. The number of carbonyl (C=O) groups is 1. The Hall–Kier alpha value is -0.500. The smallest absolute Gasteiger partial charge is 0.235 e. The number of hydrogen-bond donors (Lipinski definition) is 1. The van der Waals surface area contributed by atoms with Crippen molar-refractivity contribution in [1.29, 1.82) is 0 Å². The summed E-state index contributed by atoms with van der Waals surface area (Å²) in [5.74, 6) is -0.0875. The molecule has 0 radical (unpaired) electrons. The molecular formula is C7H12ClNO. The second kappa shape index (κ2) is 5.30. The first-order valence-corrected chi connectivity index (χ1v) is 3.66. The van der Waals surface area contributed by atoms with E-state index in [0.29, 0.717) is 6.54 Å². The van der Waals surface area contributed by atoms with Gasteiger partial charge in [0, 0.05) is 6.54 Å². The van der Waals surface area contributed by atoms with Crippen molar-refractivity contribution in [1.82, 2.24) is 5.32 Å². The number of hydrogen-bond acceptors (Lipinski definition) is 1. The van der Waals surface area contributed by atoms with E-state index in [4.69, 9.17) is 11.6 Å². The maximum Gasteiger partial charge on any atom is 0.235 e. The van der Waals surface area contributed by atoms with Crippen LogP contribution in [0.25, 0.3) is 0 Å². The Morgan fingerprint density at radius 3 is 2.60 bits per heavy atom. The molecule has 0 aliphatic rings. The lowest BCUT2D eigenvalue weighted by atomic mass is 10.3. The zero-order valence-electron chi connectivity index (χ0n) is 6.28. The quantitative estimate of drug-likeness (QED) is 0.491. The summed E-state index contributed by atoms with van der Waals surface area (Å²) in [7, 11) is 0. The molecule has 0 heterocycles. The first-order valence-electron chi connectivity index (χ1n) is 3.13. The second-order valence-corrected chi connectivity index (χ2v) is 2.49. The van der Waals surface area contributed by atoms with E-state index in [2.05, 4.69) is 5.32 Å². The Morgan fingerprint density at radius 1 is 1.60 bits per heavy atom. The minimum absolute atomic E-state index is 0.0383. The van der Waals surface area contributed by atoms with Crippen LogP contribution in [0.3, 0.4) is 0 Å². The summed E-state index contributed by atoms with van der Waals surface area (Å²) in [5, 5.41) is 2.62. The summed E-state index contributed by atoms with van der Waals surface area (Å²) in [6.07, 6.45) is 1.93. The van der Waals surface area contributed by atoms with Gasteiger partial charge in [-0.05, 0) is 13.8 Å². The Balaban J connectivity index is 3.37. The third kappa shape index (κ3) is 5.63. The average Bonchev–Trinajstić information content (AvgIpc) is 1.87. The summed E-state index contributed by atoms with van der Waals surface area (Å²) in [4.78, 5) is 10.5. The molecule has 0 bridgehead atoms. The molecule has 0 unspecified atom stereocenters. The van der Waals surface area contributed by atoms with Gasteiger partial charge in [-0.2, -0.15) is 0 Å². The van der Waals surface area contributed by atoms with E-state index in [0.717, 1.165) is 0 Å². The zero-order valence-corrected chi connectivity index (χ0v) is 7.03. The normalized spacial score (nSPS) is 8.70. The molecule has 0 atom stereocenters. The summed E-state index contributed by atoms with van der Waals surface area (Å²) in [6.45, 7) is 4.54. The summed E-state index contributed by atoms with van der Waals surface area (Å²) in [5.41, 5.74) is 1.19. The second-order valence-electron chi connectivity index (χ2n) is 2.22. The van der Waals surface area contributed by atoms with Gasteiger partial charge in [0.25, 0.3) is 0 Å². The fraction of sp³-hybridized carbons (Fsp3) is 0.571. The third-order valence-electron chi connectivity index (χ3n) is 0.931. The predicted octanol–water partition coefficient (Wildman–Crippen LogP) is 1.31. The molecule has 0 aliphatic carbocycles. The van der Waals surface area contributed by atoms with Gasteiger partial charge in [0.2, 0.25) is 5.91 Å². The van der Waals surface area contributed by atoms with Crippen LogP contribution in [0.4, 0.5) is 0 Å². The van der Waals surface area contributed by atoms with E-state index in [1.54, 1.807) is 0 Å². The molecule has 0 rings (SSSR count). The van der Waals surface area contributed by atoms with Crippen molar-refractivity contribution in [3.8, 4) is 0 Å². The van der Waals surface area contributed by atoms with Crippen LogP contribution in [0.2, 0.25) is 0 Å². The first-order chi connectivity index (χ1) is 4.66. The fourth-order valence-corrected chi connectivity index (χ4v) is 0.511. The standard InChI is InChI=1S/C7H12ClNO/c1-6(2)3-4-9-7(10)5-8/h3H,4-5H2,1-2H3,(H,9,10). The molecular weight excluding hydrogens is 150 g/mol. The highest BCUT2D eigenvalue weighted by molar-refractivity contribution is 6.27. The minimum Gasteiger partial charge on any atom is -0.352 e. The third-order valence-corrected chi connectivity index (χ3v) is 1.17. The Bertz CT molecular complexity index is 139. The van der Waals surface area contributed by atoms with Crippen LogP contribution < -0.4 is 5.32 Å². The van der Waals surface area contributed by atoms with Crippen LogP contribution in [0.1, 0.15) is 13.8 Å². The Kier molecular flexibility index (Phi) is 5.03. The van der Waals surface area contributed by atoms with Gasteiger partial charge in [0.15, 0.2) is 0 Å². The molecule has 1 amide bonds. The molecule has 58 valence electrons. The largest absolute Gasteiger partial charge is 0.352 e. The minimum atomic E-state index is -0.126. The lowest BCUT2D eigenvalue weighted by molar-refractivity contribution is -0.118. The number of halogens is 1. The Morgan fingerprint density at radius 2 is 2.20 bits per heavy atom. The molecule has 0 spiro atoms. The van der Waals surface area contributed by atoms with Gasteiger partial charge >= 0.3 is 0 Å². The van der Waals surface area contributed by atoms with E-state index in [9.17, 15) is 4.79 Å². The van der Waals surface area contributed by atoms with Crippen molar-refractivity contribution in [2.75, 3.05) is 12.4 Å². The van der Waals surface area contributed by atoms with Crippen molar-refractivity contribution in [3.05, 3.63) is 11.6 Å². The molecule has 0 saturated carbocycles. The maximum absolute atomic E-state index is 10.5. The molecule has 0 aromatic heterocycles. The van der Waals surface area contributed by atoms with Crippen molar-refractivity contribution in [2.45, 2.75) is 13.8 Å². The van der Waals surface area contributed by atoms with E-state index >= 15 is 0 Å². The lowest BCUT2D eigenvalue weighted by Crippen LogP contribution is -2.24. The number of nitrogens with one attached hydrogen (secondary N) is 1. The van der Waals surface area contributed by atoms with Gasteiger partial charge in [-0.3, -0.25) is 4.79 Å². The molecule has 3 heteroatoms. The Labute approximate surface area is 66.3 Å². The van der Waals surface area contributed by atoms with Crippen LogP contribution in [0.15, 0.2) is 11.6 Å². The number of amides is 1. The van der Waals surface area contributed by atoms with Gasteiger partial charge in [-0.25, -0.2) is 0 Å². The van der Waals surface area contributed by atoms with Crippen molar-refractivity contribution in [3.63, 3.8) is 0 Å². The summed E-state index contributed by atoms with van der Waals surface area (Å²) < 4.78 is 0. The molecule has 0 fully saturated rings. The maximum atomic E-state index is 10.5. The van der Waals surface area contributed by atoms with Crippen LogP contribution >= 0.6 is 11.6 Å². The molecule has 0 saturated heterocycles. The first kappa shape index (κ1) is 9.50. The molecule has 1 N–H and O–H groups in total. The van der Waals surface area contributed by atoms with E-state index < -0.39 is 0 Å². The highest BCUT2D eigenvalue weighted by Gasteiger charge is 1.92. The van der Waals surface area contributed by atoms with Gasteiger partial charge in [-0.15, -0.1) is 11.6 Å². The van der Waals surface area contributed by atoms with Crippen molar-refractivity contribution < 1.29 is 4.79 Å². The van der Waals surface area contributed by atoms with Crippen LogP contribution in [-0.4, -0.2) is 18.3 Å². The van der Waals surface area contributed by atoms with E-state index in [-0.39, 0.29) is 11.8 Å². The predicted molar refractivity (Wildman–Crippen MR) is 43.2 cm³/mol. The highest BCUT2D eigenvalue weighted by atomic mass is 35.5. The van der Waals surface area contributed by atoms with Crippen LogP contribution in [0.5, 0.6) is 0 Å². The molecule has 0 aromatic rings. The van der Waals surface area contributed by atoms with Crippen molar-refractivity contribution in [2.24, 2.45) is 0 Å². The molecule has 10 heavy (non-hydrogen) atoms. The number of rotatable bonds is 3. The van der Waals surface area contributed by atoms with Gasteiger partial charge in [-0.1, -0.05) is 11.6 Å². The number of allylic oxidation sites excluding steroid dienone is 1. The highest BCUT2D eigenvalue weighted by Crippen LogP contribution is 1.85. The van der Waals surface area contributed by atoms with Crippen molar-refractivity contribution >= 4 is 17.5 Å². The zero-order chi connectivity index (χ0) is 7.98. The lowest BCUT2D eigenvalue weighted by Gasteiger charge is -1.96. The summed E-state index contributed by atoms with van der Waals surface area (Å²) >= 11 is 5.23. The van der Waals surface area contributed by atoms with Gasteiger partial charge in [0.05, 0.1) is 0 Å². The topological polar surface area (TPSA) is 29.1 Å². The molecule has 0 aliphatic heterocycles. The summed E-state index contributed by atoms with van der Waals surface area (Å²) in [6, 6.07) is 0. The van der Waals surface area contributed by atoms with Crippen LogP contribution in [-0.2, 0) is 4.79 Å².